The lowest BCUT2D eigenvalue weighted by molar-refractivity contribution is -0.212. The molecule has 7 rings (SSSR count). The summed E-state index contributed by atoms with van der Waals surface area (Å²) >= 11 is 0. The maximum Gasteiger partial charge on any atom is 0.395 e. The molecule has 0 aliphatic carbocycles. The molecule has 41 heavy (non-hydrogen) atoms. The van der Waals surface area contributed by atoms with Crippen LogP contribution in [0.3, 0.4) is 0 Å². The van der Waals surface area contributed by atoms with Gasteiger partial charge in [-0.25, -0.2) is 0 Å². The molecule has 2 nitrogen and oxygen atoms in total. The third-order valence-electron chi connectivity index (χ3n) is 8.56. The van der Waals surface area contributed by atoms with Gasteiger partial charge in [-0.3, -0.25) is 0 Å². The summed E-state index contributed by atoms with van der Waals surface area (Å²) in [6.45, 7) is -0.174. The van der Waals surface area contributed by atoms with E-state index in [1.54, 1.807) is 36.4 Å². The van der Waals surface area contributed by atoms with E-state index in [0.29, 0.717) is 22.4 Å². The van der Waals surface area contributed by atoms with Crippen molar-refractivity contribution in [1.82, 2.24) is 0 Å². The summed E-state index contributed by atoms with van der Waals surface area (Å²) in [5, 5.41) is 0. The van der Waals surface area contributed by atoms with Gasteiger partial charge in [-0.05, 0) is 45.5 Å². The molecule has 2 aliphatic rings. The van der Waals surface area contributed by atoms with Crippen molar-refractivity contribution in [3.05, 3.63) is 162 Å². The monoisotopic (exact) mass is 548 g/mol. The molecule has 0 amide bonds. The number of halogens is 3. The lowest BCUT2D eigenvalue weighted by Gasteiger charge is -2.41. The van der Waals surface area contributed by atoms with Gasteiger partial charge in [0.1, 0.15) is 22.9 Å². The van der Waals surface area contributed by atoms with Crippen molar-refractivity contribution in [2.24, 2.45) is 11.8 Å². The van der Waals surface area contributed by atoms with Gasteiger partial charge in [0.2, 0.25) is 0 Å². The van der Waals surface area contributed by atoms with E-state index >= 15 is 13.2 Å². The van der Waals surface area contributed by atoms with Crippen LogP contribution in [0.25, 0.3) is 11.1 Å². The van der Waals surface area contributed by atoms with Crippen molar-refractivity contribution in [1.29, 1.82) is 0 Å². The van der Waals surface area contributed by atoms with Crippen LogP contribution < -0.4 is 4.74 Å². The van der Waals surface area contributed by atoms with Gasteiger partial charge in [0.05, 0.1) is 6.61 Å². The molecule has 2 heterocycles. The van der Waals surface area contributed by atoms with E-state index in [-0.39, 0.29) is 6.61 Å². The minimum absolute atomic E-state index is 0.174. The van der Waals surface area contributed by atoms with Gasteiger partial charge in [0.15, 0.2) is 0 Å². The van der Waals surface area contributed by atoms with Crippen molar-refractivity contribution in [3.8, 4) is 16.9 Å². The highest BCUT2D eigenvalue weighted by Gasteiger charge is 2.77. The number of benzene rings is 5. The highest BCUT2D eigenvalue weighted by Crippen LogP contribution is 2.71. The van der Waals surface area contributed by atoms with E-state index in [4.69, 9.17) is 9.47 Å². The minimum atomic E-state index is -4.56. The van der Waals surface area contributed by atoms with E-state index < -0.39 is 29.2 Å². The Morgan fingerprint density at radius 1 is 0.561 bits per heavy atom. The normalized spacial score (nSPS) is 24.7. The maximum absolute atomic E-state index is 15.4. The first-order valence-corrected chi connectivity index (χ1v) is 13.7. The molecule has 1 fully saturated rings. The van der Waals surface area contributed by atoms with Crippen LogP contribution in [-0.4, -0.2) is 12.8 Å². The van der Waals surface area contributed by atoms with Crippen molar-refractivity contribution in [2.75, 3.05) is 6.61 Å². The summed E-state index contributed by atoms with van der Waals surface area (Å²) in [4.78, 5) is 0. The molecule has 1 saturated heterocycles. The van der Waals surface area contributed by atoms with Crippen LogP contribution >= 0.6 is 0 Å². The molecule has 0 saturated carbocycles. The number of alkyl halides is 3. The van der Waals surface area contributed by atoms with Gasteiger partial charge in [-0.15, -0.1) is 0 Å². The van der Waals surface area contributed by atoms with Gasteiger partial charge in [-0.1, -0.05) is 127 Å². The summed E-state index contributed by atoms with van der Waals surface area (Å²) in [5.74, 6) is -2.37. The van der Waals surface area contributed by atoms with Crippen LogP contribution in [0.15, 0.2) is 140 Å². The molecule has 2 aliphatic heterocycles. The Kier molecular flexibility index (Phi) is 6.02. The Hall–Kier alpha value is -4.35. The molecule has 0 radical (unpaired) electrons. The van der Waals surface area contributed by atoms with E-state index in [0.717, 1.165) is 16.7 Å². The van der Waals surface area contributed by atoms with Crippen LogP contribution in [0.1, 0.15) is 22.3 Å². The molecule has 0 unspecified atom stereocenters. The van der Waals surface area contributed by atoms with Gasteiger partial charge in [0.25, 0.3) is 0 Å². The second-order valence-electron chi connectivity index (χ2n) is 10.7. The molecule has 5 aromatic carbocycles. The molecule has 0 spiro atoms. The molecular weight excluding hydrogens is 521 g/mol. The smallest absolute Gasteiger partial charge is 0.395 e. The van der Waals surface area contributed by atoms with Crippen molar-refractivity contribution >= 4 is 0 Å². The Morgan fingerprint density at radius 2 is 1.02 bits per heavy atom. The zero-order valence-corrected chi connectivity index (χ0v) is 22.1. The molecule has 4 atom stereocenters. The van der Waals surface area contributed by atoms with Gasteiger partial charge < -0.3 is 9.47 Å². The quantitative estimate of drug-likeness (QED) is 0.211. The SMILES string of the molecule is FC(F)(F)[C@@H]1[C@@H](COc2ccc(-c3ccccc3)cc2)[C@@]2(c3ccccc3)O[C@]1(c1ccccc1)c1ccccc12. The standard InChI is InChI=1S/C36H27F3O2/c37-36(38,39)33-32(24-40-29-22-20-26(21-23-29)25-12-4-1-5-13-25)34(27-14-6-2-7-15-27)30-18-10-11-19-31(30)35(33,41-34)28-16-8-3-9-17-28/h1-23,32-33H,24H2/t32-,33-,34+,35-/m1/s1. The minimum Gasteiger partial charge on any atom is -0.493 e. The van der Waals surface area contributed by atoms with Crippen LogP contribution in [0.2, 0.25) is 0 Å². The first-order chi connectivity index (χ1) is 19.9. The highest BCUT2D eigenvalue weighted by molar-refractivity contribution is 5.64. The second-order valence-corrected chi connectivity index (χ2v) is 10.7. The van der Waals surface area contributed by atoms with Crippen molar-refractivity contribution in [2.45, 2.75) is 17.4 Å². The molecule has 5 heteroatoms. The van der Waals surface area contributed by atoms with Gasteiger partial charge >= 0.3 is 6.18 Å². The third kappa shape index (κ3) is 3.91. The fraction of sp³-hybridized carbons (Fsp3) is 0.167. The molecule has 2 bridgehead atoms. The molecule has 0 aromatic heterocycles. The second kappa shape index (κ2) is 9.64. The Balaban J connectivity index is 1.36. The van der Waals surface area contributed by atoms with Gasteiger partial charge in [-0.2, -0.15) is 13.2 Å². The molecule has 204 valence electrons. The van der Waals surface area contributed by atoms with E-state index in [9.17, 15) is 0 Å². The third-order valence-corrected chi connectivity index (χ3v) is 8.56. The summed E-state index contributed by atoms with van der Waals surface area (Å²) < 4.78 is 59.4. The fourth-order valence-electron chi connectivity index (χ4n) is 6.95. The van der Waals surface area contributed by atoms with E-state index in [1.807, 2.05) is 103 Å². The fourth-order valence-corrected chi connectivity index (χ4v) is 6.95. The number of hydrogen-bond donors (Lipinski definition) is 0. The van der Waals surface area contributed by atoms with Crippen LogP contribution in [0, 0.1) is 11.8 Å². The van der Waals surface area contributed by atoms with Gasteiger partial charge in [0, 0.05) is 5.92 Å². The Bertz CT molecular complexity index is 1650. The Labute approximate surface area is 237 Å². The lowest BCUT2D eigenvalue weighted by atomic mass is 9.60. The Morgan fingerprint density at radius 3 is 1.59 bits per heavy atom. The zero-order valence-electron chi connectivity index (χ0n) is 22.1. The number of fused-ring (bicyclic) bond motifs is 5. The predicted molar refractivity (Wildman–Crippen MR) is 152 cm³/mol. The number of ether oxygens (including phenoxy) is 2. The van der Waals surface area contributed by atoms with Crippen LogP contribution in [-0.2, 0) is 15.9 Å². The topological polar surface area (TPSA) is 18.5 Å². The highest BCUT2D eigenvalue weighted by atomic mass is 19.4. The zero-order chi connectivity index (χ0) is 28.1. The average molecular weight is 549 g/mol. The lowest BCUT2D eigenvalue weighted by Crippen LogP contribution is -2.49. The summed E-state index contributed by atoms with van der Waals surface area (Å²) in [6.07, 6.45) is -4.56. The van der Waals surface area contributed by atoms with Crippen LogP contribution in [0.5, 0.6) is 5.75 Å². The number of rotatable bonds is 6. The first-order valence-electron chi connectivity index (χ1n) is 13.7. The molecule has 5 aromatic rings. The van der Waals surface area contributed by atoms with E-state index in [1.165, 1.54) is 0 Å². The predicted octanol–water partition coefficient (Wildman–Crippen LogP) is 8.76. The molecule has 0 N–H and O–H groups in total. The molecular formula is C36H27F3O2. The summed E-state index contributed by atoms with van der Waals surface area (Å²) in [6, 6.07) is 42.8. The van der Waals surface area contributed by atoms with Crippen molar-refractivity contribution < 1.29 is 22.6 Å². The van der Waals surface area contributed by atoms with Crippen molar-refractivity contribution in [3.63, 3.8) is 0 Å². The maximum atomic E-state index is 15.4. The van der Waals surface area contributed by atoms with Crippen LogP contribution in [0.4, 0.5) is 13.2 Å². The largest absolute Gasteiger partial charge is 0.493 e. The summed E-state index contributed by atoms with van der Waals surface area (Å²) in [7, 11) is 0. The first kappa shape index (κ1) is 25.6. The average Bonchev–Trinajstić information content (AvgIpc) is 3.51. The number of hydrogen-bond acceptors (Lipinski definition) is 2. The summed E-state index contributed by atoms with van der Waals surface area (Å²) in [5.41, 5.74) is 1.49. The van der Waals surface area contributed by atoms with E-state index in [2.05, 4.69) is 0 Å².